The molecule has 17 heavy (non-hydrogen) atoms. The molecule has 0 aromatic heterocycles. The van der Waals surface area contributed by atoms with Gasteiger partial charge in [-0.1, -0.05) is 0 Å². The van der Waals surface area contributed by atoms with Crippen molar-refractivity contribution in [2.45, 2.75) is 24.5 Å². The molecule has 2 heterocycles. The summed E-state index contributed by atoms with van der Waals surface area (Å²) in [6.45, 7) is 3.19. The zero-order valence-electron chi connectivity index (χ0n) is 9.91. The molecule has 2 rings (SSSR count). The third-order valence-corrected chi connectivity index (χ3v) is 3.13. The molecular weight excluding hydrogens is 224 g/mol. The SMILES string of the molecule is O=C(CC1COCCN1)NCC1(O)CCOC1. The third-order valence-electron chi connectivity index (χ3n) is 3.13. The Morgan fingerprint density at radius 2 is 2.35 bits per heavy atom. The van der Waals surface area contributed by atoms with Crippen LogP contribution in [0.4, 0.5) is 0 Å². The molecule has 2 saturated heterocycles. The Kier molecular flexibility index (Phi) is 4.33. The van der Waals surface area contributed by atoms with E-state index in [1.165, 1.54) is 0 Å². The number of amides is 1. The van der Waals surface area contributed by atoms with Gasteiger partial charge in [0.2, 0.25) is 5.91 Å². The zero-order chi connectivity index (χ0) is 12.1. The van der Waals surface area contributed by atoms with Crippen LogP contribution in [0.2, 0.25) is 0 Å². The highest BCUT2D eigenvalue weighted by atomic mass is 16.5. The molecule has 0 bridgehead atoms. The van der Waals surface area contributed by atoms with E-state index >= 15 is 0 Å². The molecule has 0 aromatic rings. The molecule has 0 spiro atoms. The van der Waals surface area contributed by atoms with Crippen molar-refractivity contribution in [2.24, 2.45) is 0 Å². The Morgan fingerprint density at radius 1 is 1.47 bits per heavy atom. The Bertz CT molecular complexity index is 260. The minimum absolute atomic E-state index is 0.0617. The number of nitrogens with one attached hydrogen (secondary N) is 2. The van der Waals surface area contributed by atoms with E-state index in [0.717, 1.165) is 6.54 Å². The molecule has 1 amide bonds. The lowest BCUT2D eigenvalue weighted by Crippen LogP contribution is -2.47. The summed E-state index contributed by atoms with van der Waals surface area (Å²) in [5.74, 6) is -0.0617. The van der Waals surface area contributed by atoms with Crippen LogP contribution < -0.4 is 10.6 Å². The van der Waals surface area contributed by atoms with E-state index in [1.54, 1.807) is 0 Å². The maximum Gasteiger partial charge on any atom is 0.221 e. The number of hydrogen-bond acceptors (Lipinski definition) is 5. The van der Waals surface area contributed by atoms with Gasteiger partial charge in [-0.15, -0.1) is 0 Å². The summed E-state index contributed by atoms with van der Waals surface area (Å²) >= 11 is 0. The molecule has 2 unspecified atom stereocenters. The maximum atomic E-state index is 11.7. The second-order valence-corrected chi connectivity index (χ2v) is 4.73. The predicted octanol–water partition coefficient (Wildman–Crippen LogP) is -1.37. The fourth-order valence-electron chi connectivity index (χ4n) is 2.05. The first-order valence-corrected chi connectivity index (χ1v) is 6.06. The van der Waals surface area contributed by atoms with Gasteiger partial charge >= 0.3 is 0 Å². The maximum absolute atomic E-state index is 11.7. The van der Waals surface area contributed by atoms with Crippen LogP contribution in [-0.4, -0.2) is 62.2 Å². The predicted molar refractivity (Wildman–Crippen MR) is 60.6 cm³/mol. The number of morpholine rings is 1. The summed E-state index contributed by atoms with van der Waals surface area (Å²) in [7, 11) is 0. The molecule has 0 saturated carbocycles. The van der Waals surface area contributed by atoms with Crippen molar-refractivity contribution in [1.82, 2.24) is 10.6 Å². The van der Waals surface area contributed by atoms with Crippen LogP contribution in [0.5, 0.6) is 0 Å². The molecule has 6 nitrogen and oxygen atoms in total. The average Bonchev–Trinajstić information content (AvgIpc) is 2.76. The molecular formula is C11H20N2O4. The van der Waals surface area contributed by atoms with Gasteiger partial charge in [0.05, 0.1) is 19.8 Å². The minimum atomic E-state index is -0.883. The van der Waals surface area contributed by atoms with Gasteiger partial charge in [0.15, 0.2) is 0 Å². The number of carbonyl (C=O) groups is 1. The Hall–Kier alpha value is -0.690. The molecule has 3 N–H and O–H groups in total. The summed E-state index contributed by atoms with van der Waals surface area (Å²) in [5, 5.41) is 15.9. The van der Waals surface area contributed by atoms with E-state index in [1.807, 2.05) is 0 Å². The van der Waals surface area contributed by atoms with Crippen LogP contribution >= 0.6 is 0 Å². The summed E-state index contributed by atoms with van der Waals surface area (Å²) < 4.78 is 10.4. The van der Waals surface area contributed by atoms with Gasteiger partial charge in [-0.2, -0.15) is 0 Å². The fourth-order valence-corrected chi connectivity index (χ4v) is 2.05. The summed E-state index contributed by atoms with van der Waals surface area (Å²) in [4.78, 5) is 11.7. The second-order valence-electron chi connectivity index (χ2n) is 4.73. The molecule has 0 radical (unpaired) electrons. The number of rotatable bonds is 4. The second kappa shape index (κ2) is 5.77. The molecule has 2 aliphatic rings. The van der Waals surface area contributed by atoms with Gasteiger partial charge in [-0.05, 0) is 0 Å². The first-order valence-electron chi connectivity index (χ1n) is 6.06. The number of aliphatic hydroxyl groups is 1. The zero-order valence-corrected chi connectivity index (χ0v) is 9.91. The monoisotopic (exact) mass is 244 g/mol. The fraction of sp³-hybridized carbons (Fsp3) is 0.909. The number of hydrogen-bond donors (Lipinski definition) is 3. The van der Waals surface area contributed by atoms with Crippen molar-refractivity contribution >= 4 is 5.91 Å². The lowest BCUT2D eigenvalue weighted by Gasteiger charge is -2.25. The van der Waals surface area contributed by atoms with E-state index in [0.29, 0.717) is 39.3 Å². The lowest BCUT2D eigenvalue weighted by atomic mass is 10.0. The highest BCUT2D eigenvalue weighted by molar-refractivity contribution is 5.76. The van der Waals surface area contributed by atoms with Crippen molar-refractivity contribution in [3.8, 4) is 0 Å². The average molecular weight is 244 g/mol. The molecule has 2 aliphatic heterocycles. The molecule has 98 valence electrons. The van der Waals surface area contributed by atoms with E-state index in [9.17, 15) is 9.90 Å². The Labute approximate surface area is 101 Å². The van der Waals surface area contributed by atoms with Crippen LogP contribution in [0.15, 0.2) is 0 Å². The Balaban J connectivity index is 1.66. The minimum Gasteiger partial charge on any atom is -0.386 e. The third kappa shape index (κ3) is 3.92. The molecule has 0 aromatic carbocycles. The molecule has 0 aliphatic carbocycles. The topological polar surface area (TPSA) is 79.8 Å². The number of carbonyl (C=O) groups excluding carboxylic acids is 1. The highest BCUT2D eigenvalue weighted by Crippen LogP contribution is 2.16. The quantitative estimate of drug-likeness (QED) is 0.569. The van der Waals surface area contributed by atoms with Crippen molar-refractivity contribution in [3.05, 3.63) is 0 Å². The first-order chi connectivity index (χ1) is 8.18. The van der Waals surface area contributed by atoms with Crippen LogP contribution in [0.25, 0.3) is 0 Å². The van der Waals surface area contributed by atoms with E-state index in [-0.39, 0.29) is 18.5 Å². The summed E-state index contributed by atoms with van der Waals surface area (Å²) in [6.07, 6.45) is 0.967. The van der Waals surface area contributed by atoms with Crippen LogP contribution in [0.3, 0.4) is 0 Å². The largest absolute Gasteiger partial charge is 0.386 e. The van der Waals surface area contributed by atoms with E-state index in [4.69, 9.17) is 9.47 Å². The molecule has 2 fully saturated rings. The van der Waals surface area contributed by atoms with Gasteiger partial charge < -0.3 is 25.2 Å². The van der Waals surface area contributed by atoms with Gasteiger partial charge in [0, 0.05) is 38.6 Å². The van der Waals surface area contributed by atoms with E-state index < -0.39 is 5.60 Å². The molecule has 6 heteroatoms. The van der Waals surface area contributed by atoms with Gasteiger partial charge in [-0.25, -0.2) is 0 Å². The van der Waals surface area contributed by atoms with Crippen molar-refractivity contribution in [2.75, 3.05) is 39.5 Å². The summed E-state index contributed by atoms with van der Waals surface area (Å²) in [6, 6.07) is 0.0817. The van der Waals surface area contributed by atoms with Crippen molar-refractivity contribution in [1.29, 1.82) is 0 Å². The van der Waals surface area contributed by atoms with Crippen LogP contribution in [0, 0.1) is 0 Å². The van der Waals surface area contributed by atoms with Crippen molar-refractivity contribution < 1.29 is 19.4 Å². The van der Waals surface area contributed by atoms with Crippen LogP contribution in [0.1, 0.15) is 12.8 Å². The van der Waals surface area contributed by atoms with E-state index in [2.05, 4.69) is 10.6 Å². The van der Waals surface area contributed by atoms with Crippen LogP contribution in [-0.2, 0) is 14.3 Å². The van der Waals surface area contributed by atoms with Gasteiger partial charge in [0.25, 0.3) is 0 Å². The standard InChI is InChI=1S/C11H20N2O4/c14-10(5-9-6-16-4-2-12-9)13-7-11(15)1-3-17-8-11/h9,12,15H,1-8H2,(H,13,14). The van der Waals surface area contributed by atoms with Gasteiger partial charge in [0.1, 0.15) is 5.60 Å². The Morgan fingerprint density at radius 3 is 3.00 bits per heavy atom. The molecule has 2 atom stereocenters. The number of ether oxygens (including phenoxy) is 2. The normalized spacial score (nSPS) is 33.6. The lowest BCUT2D eigenvalue weighted by molar-refractivity contribution is -0.123. The summed E-state index contributed by atoms with van der Waals surface area (Å²) in [5.41, 5.74) is -0.883. The highest BCUT2D eigenvalue weighted by Gasteiger charge is 2.32. The van der Waals surface area contributed by atoms with Gasteiger partial charge in [-0.3, -0.25) is 4.79 Å². The first kappa shape index (κ1) is 12.8. The van der Waals surface area contributed by atoms with Crippen molar-refractivity contribution in [3.63, 3.8) is 0 Å². The smallest absolute Gasteiger partial charge is 0.221 e.